The van der Waals surface area contributed by atoms with Gasteiger partial charge in [-0.2, -0.15) is 0 Å². The molecule has 1 heterocycles. The van der Waals surface area contributed by atoms with E-state index in [0.717, 1.165) is 57.4 Å². The maximum Gasteiger partial charge on any atom is 0.191 e. The van der Waals surface area contributed by atoms with Gasteiger partial charge in [-0.15, -0.1) is 10.2 Å². The summed E-state index contributed by atoms with van der Waals surface area (Å²) < 4.78 is 7.16. The standard InChI is InChI=1S/C17H34N6O/c1-4-6-7-8-10-18-17(19-11-9-14-24-3)20-12-13-23-15-21-22-16(23)5-2/h15H,4-14H2,1-3H3,(H2,18,19,20). The Labute approximate surface area is 146 Å². The number of methoxy groups -OCH3 is 1. The van der Waals surface area contributed by atoms with Gasteiger partial charge in [0.05, 0.1) is 0 Å². The minimum absolute atomic E-state index is 0.744. The molecule has 0 aliphatic rings. The van der Waals surface area contributed by atoms with E-state index in [9.17, 15) is 0 Å². The summed E-state index contributed by atoms with van der Waals surface area (Å²) in [5, 5.41) is 14.9. The lowest BCUT2D eigenvalue weighted by molar-refractivity contribution is 0.197. The quantitative estimate of drug-likeness (QED) is 0.327. The maximum atomic E-state index is 5.08. The number of hydrogen-bond donors (Lipinski definition) is 2. The van der Waals surface area contributed by atoms with Gasteiger partial charge in [-0.1, -0.05) is 33.1 Å². The average molecular weight is 339 g/mol. The van der Waals surface area contributed by atoms with E-state index in [1.807, 2.05) is 0 Å². The summed E-state index contributed by atoms with van der Waals surface area (Å²) in [6.07, 6.45) is 8.61. The number of aliphatic imine (C=N–C) groups is 1. The van der Waals surface area contributed by atoms with E-state index in [1.165, 1.54) is 25.7 Å². The summed E-state index contributed by atoms with van der Waals surface area (Å²) in [4.78, 5) is 4.61. The highest BCUT2D eigenvalue weighted by Gasteiger charge is 2.02. The van der Waals surface area contributed by atoms with Crippen LogP contribution in [-0.4, -0.2) is 54.1 Å². The van der Waals surface area contributed by atoms with Gasteiger partial charge in [-0.3, -0.25) is 4.99 Å². The van der Waals surface area contributed by atoms with Gasteiger partial charge in [0.15, 0.2) is 5.96 Å². The third kappa shape index (κ3) is 8.86. The summed E-state index contributed by atoms with van der Waals surface area (Å²) in [6.45, 7) is 8.43. The Morgan fingerprint density at radius 2 is 2.00 bits per heavy atom. The molecule has 7 heteroatoms. The molecule has 0 bridgehead atoms. The van der Waals surface area contributed by atoms with Gasteiger partial charge in [-0.05, 0) is 12.8 Å². The third-order valence-corrected chi connectivity index (χ3v) is 3.76. The van der Waals surface area contributed by atoms with Crippen molar-refractivity contribution in [2.45, 2.75) is 58.9 Å². The highest BCUT2D eigenvalue weighted by atomic mass is 16.5. The molecule has 0 fully saturated rings. The van der Waals surface area contributed by atoms with Crippen LogP contribution in [0.25, 0.3) is 0 Å². The van der Waals surface area contributed by atoms with Gasteiger partial charge < -0.3 is 19.9 Å². The summed E-state index contributed by atoms with van der Waals surface area (Å²) in [7, 11) is 1.72. The number of nitrogens with zero attached hydrogens (tertiary/aromatic N) is 4. The normalized spacial score (nSPS) is 11.7. The molecule has 0 unspecified atom stereocenters. The van der Waals surface area contributed by atoms with Crippen molar-refractivity contribution in [1.29, 1.82) is 0 Å². The highest BCUT2D eigenvalue weighted by molar-refractivity contribution is 5.79. The molecule has 7 nitrogen and oxygen atoms in total. The van der Waals surface area contributed by atoms with E-state index in [1.54, 1.807) is 13.4 Å². The van der Waals surface area contributed by atoms with Crippen molar-refractivity contribution in [3.63, 3.8) is 0 Å². The second-order valence-corrected chi connectivity index (χ2v) is 5.79. The van der Waals surface area contributed by atoms with Crippen LogP contribution < -0.4 is 10.6 Å². The van der Waals surface area contributed by atoms with Crippen molar-refractivity contribution in [2.24, 2.45) is 4.99 Å². The summed E-state index contributed by atoms with van der Waals surface area (Å²) in [5.41, 5.74) is 0. The number of rotatable bonds is 13. The minimum atomic E-state index is 0.744. The van der Waals surface area contributed by atoms with Crippen molar-refractivity contribution < 1.29 is 4.74 Å². The van der Waals surface area contributed by atoms with Gasteiger partial charge in [-0.25, -0.2) is 0 Å². The molecule has 0 aromatic carbocycles. The largest absolute Gasteiger partial charge is 0.385 e. The molecule has 0 amide bonds. The number of unbranched alkanes of at least 4 members (excludes halogenated alkanes) is 3. The van der Waals surface area contributed by atoms with E-state index in [4.69, 9.17) is 4.74 Å². The van der Waals surface area contributed by atoms with Crippen LogP contribution >= 0.6 is 0 Å². The molecule has 0 aliphatic heterocycles. The first-order valence-electron chi connectivity index (χ1n) is 9.19. The van der Waals surface area contributed by atoms with Crippen LogP contribution in [0.3, 0.4) is 0 Å². The molecule has 24 heavy (non-hydrogen) atoms. The molecule has 1 aromatic rings. The zero-order valence-electron chi connectivity index (χ0n) is 15.6. The topological polar surface area (TPSA) is 76.4 Å². The average Bonchev–Trinajstić information content (AvgIpc) is 3.05. The monoisotopic (exact) mass is 338 g/mol. The Bertz CT molecular complexity index is 446. The van der Waals surface area contributed by atoms with Gasteiger partial charge in [0.25, 0.3) is 0 Å². The first-order valence-corrected chi connectivity index (χ1v) is 9.19. The predicted octanol–water partition coefficient (Wildman–Crippen LogP) is 1.99. The lowest BCUT2D eigenvalue weighted by Gasteiger charge is -2.13. The fraction of sp³-hybridized carbons (Fsp3) is 0.824. The maximum absolute atomic E-state index is 5.08. The zero-order chi connectivity index (χ0) is 17.5. The smallest absolute Gasteiger partial charge is 0.191 e. The molecule has 0 saturated carbocycles. The van der Waals surface area contributed by atoms with E-state index in [2.05, 4.69) is 44.2 Å². The zero-order valence-corrected chi connectivity index (χ0v) is 15.6. The molecule has 2 N–H and O–H groups in total. The fourth-order valence-electron chi connectivity index (χ4n) is 2.37. The van der Waals surface area contributed by atoms with Crippen molar-refractivity contribution >= 4 is 5.96 Å². The second-order valence-electron chi connectivity index (χ2n) is 5.79. The summed E-state index contributed by atoms with van der Waals surface area (Å²) in [6, 6.07) is 0. The number of aryl methyl sites for hydroxylation is 1. The second kappa shape index (κ2) is 13.8. The van der Waals surface area contributed by atoms with Crippen molar-refractivity contribution in [3.05, 3.63) is 12.2 Å². The Morgan fingerprint density at radius 1 is 1.17 bits per heavy atom. The molecular weight excluding hydrogens is 304 g/mol. The Morgan fingerprint density at radius 3 is 2.75 bits per heavy atom. The van der Waals surface area contributed by atoms with Crippen LogP contribution in [0.15, 0.2) is 11.3 Å². The van der Waals surface area contributed by atoms with Gasteiger partial charge in [0.1, 0.15) is 12.2 Å². The molecule has 0 spiro atoms. The summed E-state index contributed by atoms with van der Waals surface area (Å²) >= 11 is 0. The summed E-state index contributed by atoms with van der Waals surface area (Å²) in [5.74, 6) is 1.90. The number of nitrogens with one attached hydrogen (secondary N) is 2. The van der Waals surface area contributed by atoms with Crippen LogP contribution in [0.2, 0.25) is 0 Å². The molecule has 0 atom stereocenters. The SMILES string of the molecule is CCCCCCNC(=NCCCOC)NCCn1cnnc1CC. The Hall–Kier alpha value is -1.63. The highest BCUT2D eigenvalue weighted by Crippen LogP contribution is 1.97. The molecule has 1 aromatic heterocycles. The lowest BCUT2D eigenvalue weighted by Crippen LogP contribution is -2.39. The molecular formula is C17H34N6O. The van der Waals surface area contributed by atoms with Crippen LogP contribution in [0.4, 0.5) is 0 Å². The fourth-order valence-corrected chi connectivity index (χ4v) is 2.37. The van der Waals surface area contributed by atoms with Crippen LogP contribution in [-0.2, 0) is 17.7 Å². The molecule has 0 radical (unpaired) electrons. The molecule has 0 aliphatic carbocycles. The predicted molar refractivity (Wildman–Crippen MR) is 98.3 cm³/mol. The van der Waals surface area contributed by atoms with E-state index < -0.39 is 0 Å². The van der Waals surface area contributed by atoms with Crippen LogP contribution in [0.5, 0.6) is 0 Å². The Balaban J connectivity index is 2.36. The molecule has 1 rings (SSSR count). The van der Waals surface area contributed by atoms with Crippen molar-refractivity contribution in [1.82, 2.24) is 25.4 Å². The van der Waals surface area contributed by atoms with Gasteiger partial charge >= 0.3 is 0 Å². The third-order valence-electron chi connectivity index (χ3n) is 3.76. The van der Waals surface area contributed by atoms with E-state index in [0.29, 0.717) is 0 Å². The molecule has 138 valence electrons. The lowest BCUT2D eigenvalue weighted by atomic mass is 10.2. The van der Waals surface area contributed by atoms with Gasteiger partial charge in [0.2, 0.25) is 0 Å². The number of ether oxygens (including phenoxy) is 1. The van der Waals surface area contributed by atoms with Crippen molar-refractivity contribution in [2.75, 3.05) is 33.4 Å². The van der Waals surface area contributed by atoms with Crippen LogP contribution in [0.1, 0.15) is 51.8 Å². The minimum Gasteiger partial charge on any atom is -0.385 e. The first kappa shape index (κ1) is 20.4. The number of hydrogen-bond acceptors (Lipinski definition) is 4. The number of aromatic nitrogens is 3. The number of guanidine groups is 1. The van der Waals surface area contributed by atoms with Crippen LogP contribution in [0, 0.1) is 0 Å². The Kier molecular flexibility index (Phi) is 11.7. The first-order chi connectivity index (χ1) is 11.8. The van der Waals surface area contributed by atoms with E-state index in [-0.39, 0.29) is 0 Å². The van der Waals surface area contributed by atoms with E-state index >= 15 is 0 Å². The van der Waals surface area contributed by atoms with Gasteiger partial charge in [0, 0.05) is 46.3 Å². The molecule has 0 saturated heterocycles. The van der Waals surface area contributed by atoms with Crippen molar-refractivity contribution in [3.8, 4) is 0 Å².